The number of fused-ring (bicyclic) bond motifs is 1. The summed E-state index contributed by atoms with van der Waals surface area (Å²) < 4.78 is 0. The van der Waals surface area contributed by atoms with Crippen molar-refractivity contribution in [3.05, 3.63) is 58.1 Å². The molecule has 0 spiro atoms. The van der Waals surface area contributed by atoms with E-state index >= 15 is 0 Å². The zero-order chi connectivity index (χ0) is 12.5. The van der Waals surface area contributed by atoms with Gasteiger partial charge in [-0.2, -0.15) is 0 Å². The van der Waals surface area contributed by atoms with Crippen molar-refractivity contribution in [2.24, 2.45) is 0 Å². The van der Waals surface area contributed by atoms with Gasteiger partial charge < -0.3 is 5.32 Å². The van der Waals surface area contributed by atoms with Crippen molar-refractivity contribution in [3.8, 4) is 11.1 Å². The number of hydrogen-bond acceptors (Lipinski definition) is 1. The molecule has 0 saturated carbocycles. The molecule has 3 rings (SSSR count). The highest BCUT2D eigenvalue weighted by Gasteiger charge is 2.15. The Balaban J connectivity index is 2.18. The Labute approximate surface area is 113 Å². The van der Waals surface area contributed by atoms with Gasteiger partial charge >= 0.3 is 0 Å². The van der Waals surface area contributed by atoms with Gasteiger partial charge in [-0.25, -0.2) is 0 Å². The minimum atomic E-state index is 0.797. The van der Waals surface area contributed by atoms with Gasteiger partial charge in [0, 0.05) is 11.6 Å². The lowest BCUT2D eigenvalue weighted by Gasteiger charge is -2.22. The van der Waals surface area contributed by atoms with E-state index in [0.717, 1.165) is 24.5 Å². The van der Waals surface area contributed by atoms with Crippen LogP contribution < -0.4 is 5.32 Å². The number of benzene rings is 2. The normalized spacial score (nSPS) is 14.3. The van der Waals surface area contributed by atoms with Crippen LogP contribution in [0.15, 0.2) is 36.4 Å². The molecular weight excluding hydrogens is 242 g/mol. The third kappa shape index (κ3) is 2.05. The molecule has 2 aromatic carbocycles. The summed E-state index contributed by atoms with van der Waals surface area (Å²) in [6.07, 6.45) is 1.12. The molecule has 1 aliphatic heterocycles. The van der Waals surface area contributed by atoms with Crippen LogP contribution >= 0.6 is 11.6 Å². The maximum absolute atomic E-state index is 6.09. The quantitative estimate of drug-likeness (QED) is 0.815. The van der Waals surface area contributed by atoms with Gasteiger partial charge in [-0.3, -0.25) is 0 Å². The minimum Gasteiger partial charge on any atom is -0.312 e. The third-order valence-corrected chi connectivity index (χ3v) is 3.89. The average Bonchev–Trinajstić information content (AvgIpc) is 2.39. The summed E-state index contributed by atoms with van der Waals surface area (Å²) >= 11 is 6.09. The molecule has 0 radical (unpaired) electrons. The summed E-state index contributed by atoms with van der Waals surface area (Å²) in [5, 5.41) is 4.26. The summed E-state index contributed by atoms with van der Waals surface area (Å²) in [5.74, 6) is 0. The number of halogens is 1. The van der Waals surface area contributed by atoms with Crippen LogP contribution in [0.3, 0.4) is 0 Å². The molecule has 0 unspecified atom stereocenters. The predicted molar refractivity (Wildman–Crippen MR) is 77.0 cm³/mol. The van der Waals surface area contributed by atoms with Crippen molar-refractivity contribution >= 4 is 11.6 Å². The van der Waals surface area contributed by atoms with Crippen molar-refractivity contribution in [1.29, 1.82) is 0 Å². The summed E-state index contributed by atoms with van der Waals surface area (Å²) in [4.78, 5) is 0. The fourth-order valence-electron chi connectivity index (χ4n) is 2.71. The van der Waals surface area contributed by atoms with Crippen LogP contribution in [0, 0.1) is 6.92 Å². The monoisotopic (exact) mass is 257 g/mol. The molecule has 92 valence electrons. The Bertz CT molecular complexity index is 590. The van der Waals surface area contributed by atoms with Gasteiger partial charge in [0.1, 0.15) is 0 Å². The predicted octanol–water partition coefficient (Wildman–Crippen LogP) is 3.96. The molecule has 1 N–H and O–H groups in total. The summed E-state index contributed by atoms with van der Waals surface area (Å²) in [5.41, 5.74) is 6.86. The first-order valence-corrected chi connectivity index (χ1v) is 6.71. The van der Waals surface area contributed by atoms with Gasteiger partial charge in [0.05, 0.1) is 0 Å². The molecule has 0 amide bonds. The standard InChI is InChI=1S/C16H16ClN/c1-11-5-6-15(12-3-2-4-13(17)9-12)16-10-18-8-7-14(11)16/h2-6,9,18H,7-8,10H2,1H3. The van der Waals surface area contributed by atoms with Crippen LogP contribution in [0.25, 0.3) is 11.1 Å². The first-order valence-electron chi connectivity index (χ1n) is 6.34. The first-order chi connectivity index (χ1) is 8.75. The van der Waals surface area contributed by atoms with E-state index in [1.165, 1.54) is 27.8 Å². The number of hydrogen-bond donors (Lipinski definition) is 1. The van der Waals surface area contributed by atoms with E-state index in [4.69, 9.17) is 11.6 Å². The smallest absolute Gasteiger partial charge is 0.0412 e. The van der Waals surface area contributed by atoms with E-state index in [-0.39, 0.29) is 0 Å². The van der Waals surface area contributed by atoms with Gasteiger partial charge in [0.15, 0.2) is 0 Å². The van der Waals surface area contributed by atoms with Gasteiger partial charge in [0.25, 0.3) is 0 Å². The van der Waals surface area contributed by atoms with Gasteiger partial charge in [0.2, 0.25) is 0 Å². The molecule has 18 heavy (non-hydrogen) atoms. The molecule has 2 heteroatoms. The van der Waals surface area contributed by atoms with E-state index < -0.39 is 0 Å². The van der Waals surface area contributed by atoms with Crippen molar-refractivity contribution in [2.75, 3.05) is 6.54 Å². The lowest BCUT2D eigenvalue weighted by molar-refractivity contribution is 0.642. The van der Waals surface area contributed by atoms with Crippen LogP contribution in [-0.2, 0) is 13.0 Å². The SMILES string of the molecule is Cc1ccc(-c2cccc(Cl)c2)c2c1CCNC2. The van der Waals surface area contributed by atoms with Crippen LogP contribution in [-0.4, -0.2) is 6.54 Å². The van der Waals surface area contributed by atoms with E-state index in [1.807, 2.05) is 18.2 Å². The number of aryl methyl sites for hydroxylation is 1. The van der Waals surface area contributed by atoms with Crippen molar-refractivity contribution in [1.82, 2.24) is 5.32 Å². The second-order valence-electron chi connectivity index (χ2n) is 4.82. The molecule has 0 aliphatic carbocycles. The van der Waals surface area contributed by atoms with E-state index in [9.17, 15) is 0 Å². The number of nitrogens with one attached hydrogen (secondary N) is 1. The summed E-state index contributed by atoms with van der Waals surface area (Å²) in [6, 6.07) is 12.5. The summed E-state index contributed by atoms with van der Waals surface area (Å²) in [6.45, 7) is 4.23. The second-order valence-corrected chi connectivity index (χ2v) is 5.26. The minimum absolute atomic E-state index is 0.797. The van der Waals surface area contributed by atoms with Gasteiger partial charge in [-0.05, 0) is 59.8 Å². The van der Waals surface area contributed by atoms with Gasteiger partial charge in [-0.15, -0.1) is 0 Å². The Morgan fingerprint density at radius 1 is 1.11 bits per heavy atom. The molecule has 0 fully saturated rings. The third-order valence-electron chi connectivity index (χ3n) is 3.65. The fourth-order valence-corrected chi connectivity index (χ4v) is 2.90. The summed E-state index contributed by atoms with van der Waals surface area (Å²) in [7, 11) is 0. The average molecular weight is 258 g/mol. The van der Waals surface area contributed by atoms with Crippen LogP contribution in [0.1, 0.15) is 16.7 Å². The zero-order valence-corrected chi connectivity index (χ0v) is 11.2. The maximum Gasteiger partial charge on any atom is 0.0412 e. The lowest BCUT2D eigenvalue weighted by Crippen LogP contribution is -2.25. The fraction of sp³-hybridized carbons (Fsp3) is 0.250. The highest BCUT2D eigenvalue weighted by atomic mass is 35.5. The molecule has 0 bridgehead atoms. The van der Waals surface area contributed by atoms with E-state index in [2.05, 4.69) is 30.4 Å². The first kappa shape index (κ1) is 11.8. The van der Waals surface area contributed by atoms with Crippen molar-refractivity contribution in [2.45, 2.75) is 19.9 Å². The van der Waals surface area contributed by atoms with Crippen LogP contribution in [0.4, 0.5) is 0 Å². The van der Waals surface area contributed by atoms with E-state index in [1.54, 1.807) is 0 Å². The molecule has 1 heterocycles. The topological polar surface area (TPSA) is 12.0 Å². The van der Waals surface area contributed by atoms with Crippen LogP contribution in [0.5, 0.6) is 0 Å². The van der Waals surface area contributed by atoms with Crippen molar-refractivity contribution < 1.29 is 0 Å². The molecule has 0 atom stereocenters. The zero-order valence-electron chi connectivity index (χ0n) is 10.5. The Morgan fingerprint density at radius 3 is 2.83 bits per heavy atom. The highest BCUT2D eigenvalue weighted by Crippen LogP contribution is 2.31. The van der Waals surface area contributed by atoms with Crippen molar-refractivity contribution in [3.63, 3.8) is 0 Å². The molecule has 1 aliphatic rings. The lowest BCUT2D eigenvalue weighted by atomic mass is 9.89. The molecule has 2 aromatic rings. The van der Waals surface area contributed by atoms with Crippen LogP contribution in [0.2, 0.25) is 5.02 Å². The molecular formula is C16H16ClN. The van der Waals surface area contributed by atoms with E-state index in [0.29, 0.717) is 0 Å². The Hall–Kier alpha value is -1.31. The Morgan fingerprint density at radius 2 is 2.00 bits per heavy atom. The highest BCUT2D eigenvalue weighted by molar-refractivity contribution is 6.30. The molecule has 0 aromatic heterocycles. The second kappa shape index (κ2) is 4.75. The largest absolute Gasteiger partial charge is 0.312 e. The maximum atomic E-state index is 6.09. The molecule has 1 nitrogen and oxygen atoms in total. The Kier molecular flexibility index (Phi) is 3.11. The number of rotatable bonds is 1. The molecule has 0 saturated heterocycles. The van der Waals surface area contributed by atoms with Gasteiger partial charge in [-0.1, -0.05) is 35.9 Å².